The van der Waals surface area contributed by atoms with Crippen LogP contribution in [0.1, 0.15) is 11.7 Å². The van der Waals surface area contributed by atoms with E-state index in [2.05, 4.69) is 15.6 Å². The van der Waals surface area contributed by atoms with Gasteiger partial charge in [-0.2, -0.15) is 0 Å². The van der Waals surface area contributed by atoms with Crippen LogP contribution < -0.4 is 15.4 Å². The summed E-state index contributed by atoms with van der Waals surface area (Å²) in [5.74, 6) is 1.76. The fraction of sp³-hybridized carbons (Fsp3) is 0.154. The lowest BCUT2D eigenvalue weighted by atomic mass is 10.2. The van der Waals surface area contributed by atoms with Gasteiger partial charge in [0.2, 0.25) is 0 Å². The number of anilines is 2. The number of nitrogens with one attached hydrogen (secondary N) is 2. The molecule has 1 atom stereocenters. The molecule has 0 saturated heterocycles. The maximum absolute atomic E-state index is 5.14. The summed E-state index contributed by atoms with van der Waals surface area (Å²) in [7, 11) is 1.67. The van der Waals surface area contributed by atoms with E-state index in [9.17, 15) is 0 Å². The van der Waals surface area contributed by atoms with E-state index in [0.717, 1.165) is 22.8 Å². The van der Waals surface area contributed by atoms with Crippen LogP contribution in [-0.2, 0) is 0 Å². The lowest BCUT2D eigenvalue weighted by molar-refractivity contribution is 0.414. The molecule has 2 aromatic rings. The van der Waals surface area contributed by atoms with Crippen molar-refractivity contribution in [1.29, 1.82) is 0 Å². The third-order valence-electron chi connectivity index (χ3n) is 2.84. The number of benzene rings is 1. The number of hydrogen-bond acceptors (Lipinski definition) is 4. The molecule has 4 nitrogen and oxygen atoms in total. The Balaban J connectivity index is 1.83. The first kappa shape index (κ1) is 9.96. The number of rotatable bonds is 2. The first-order valence-corrected chi connectivity index (χ1v) is 5.49. The van der Waals surface area contributed by atoms with Crippen LogP contribution in [0.2, 0.25) is 0 Å². The third-order valence-corrected chi connectivity index (χ3v) is 2.84. The average Bonchev–Trinajstić information content (AvgIpc) is 2.82. The average molecular weight is 227 g/mol. The Hall–Kier alpha value is -2.23. The van der Waals surface area contributed by atoms with Crippen LogP contribution in [0.4, 0.5) is 11.5 Å². The molecule has 0 aliphatic carbocycles. The Bertz CT molecular complexity index is 499. The molecule has 1 aromatic heterocycles. The van der Waals surface area contributed by atoms with E-state index in [1.807, 2.05) is 36.4 Å². The van der Waals surface area contributed by atoms with E-state index >= 15 is 0 Å². The van der Waals surface area contributed by atoms with Gasteiger partial charge in [0.05, 0.1) is 12.8 Å². The van der Waals surface area contributed by atoms with Crippen molar-refractivity contribution < 1.29 is 4.74 Å². The van der Waals surface area contributed by atoms with Crippen LogP contribution in [0, 0.1) is 0 Å². The summed E-state index contributed by atoms with van der Waals surface area (Å²) in [5.41, 5.74) is 2.19. The van der Waals surface area contributed by atoms with Gasteiger partial charge in [0.1, 0.15) is 11.9 Å². The van der Waals surface area contributed by atoms with Crippen LogP contribution in [0.3, 0.4) is 0 Å². The van der Waals surface area contributed by atoms with Crippen LogP contribution in [0.5, 0.6) is 5.75 Å². The molecule has 3 rings (SSSR count). The number of pyridine rings is 1. The molecule has 0 saturated carbocycles. The Labute approximate surface area is 99.6 Å². The van der Waals surface area contributed by atoms with Gasteiger partial charge >= 0.3 is 0 Å². The standard InChI is InChI=1S/C13H13N3O/c1-17-10-6-4-9(5-7-10)12-15-11-3-2-8-14-13(11)16-12/h2-8,12,15H,1H3,(H,14,16). The topological polar surface area (TPSA) is 46.2 Å². The molecular formula is C13H13N3O. The first-order valence-electron chi connectivity index (χ1n) is 5.49. The highest BCUT2D eigenvalue weighted by molar-refractivity contribution is 5.70. The molecule has 2 N–H and O–H groups in total. The third kappa shape index (κ3) is 1.78. The highest BCUT2D eigenvalue weighted by atomic mass is 16.5. The Morgan fingerprint density at radius 3 is 2.65 bits per heavy atom. The second-order valence-electron chi connectivity index (χ2n) is 3.89. The Morgan fingerprint density at radius 1 is 1.12 bits per heavy atom. The van der Waals surface area contributed by atoms with Crippen molar-refractivity contribution in [3.8, 4) is 5.75 Å². The molecule has 1 aliphatic rings. The van der Waals surface area contributed by atoms with Crippen LogP contribution in [0.15, 0.2) is 42.6 Å². The van der Waals surface area contributed by atoms with E-state index in [4.69, 9.17) is 4.74 Å². The predicted octanol–water partition coefficient (Wildman–Crippen LogP) is 2.63. The van der Waals surface area contributed by atoms with Crippen LogP contribution >= 0.6 is 0 Å². The lowest BCUT2D eigenvalue weighted by Gasteiger charge is -2.12. The van der Waals surface area contributed by atoms with Crippen molar-refractivity contribution in [3.63, 3.8) is 0 Å². The molecule has 0 radical (unpaired) electrons. The molecule has 0 amide bonds. The largest absolute Gasteiger partial charge is 0.497 e. The normalized spacial score (nSPS) is 16.9. The van der Waals surface area contributed by atoms with Crippen molar-refractivity contribution >= 4 is 11.5 Å². The molecule has 0 fully saturated rings. The highest BCUT2D eigenvalue weighted by Crippen LogP contribution is 2.33. The summed E-state index contributed by atoms with van der Waals surface area (Å²) in [6.07, 6.45) is 1.86. The first-order chi connectivity index (χ1) is 8.36. The smallest absolute Gasteiger partial charge is 0.151 e. The number of aromatic nitrogens is 1. The molecule has 17 heavy (non-hydrogen) atoms. The zero-order valence-electron chi connectivity index (χ0n) is 9.47. The van der Waals surface area contributed by atoms with Gasteiger partial charge in [-0.05, 0) is 29.8 Å². The van der Waals surface area contributed by atoms with Gasteiger partial charge in [0, 0.05) is 6.20 Å². The summed E-state index contributed by atoms with van der Waals surface area (Å²) in [5, 5.41) is 6.70. The number of methoxy groups -OCH3 is 1. The molecule has 0 spiro atoms. The SMILES string of the molecule is COc1ccc(C2Nc3cccnc3N2)cc1. The maximum atomic E-state index is 5.14. The van der Waals surface area contributed by atoms with E-state index in [-0.39, 0.29) is 6.17 Å². The molecule has 1 aromatic carbocycles. The molecule has 2 heterocycles. The van der Waals surface area contributed by atoms with Gasteiger partial charge in [-0.3, -0.25) is 0 Å². The zero-order chi connectivity index (χ0) is 11.7. The van der Waals surface area contributed by atoms with Gasteiger partial charge in [0.15, 0.2) is 5.82 Å². The second-order valence-corrected chi connectivity index (χ2v) is 3.89. The van der Waals surface area contributed by atoms with Crippen molar-refractivity contribution in [3.05, 3.63) is 48.2 Å². The van der Waals surface area contributed by atoms with E-state index in [1.165, 1.54) is 0 Å². The fourth-order valence-corrected chi connectivity index (χ4v) is 1.93. The summed E-state index contributed by atoms with van der Waals surface area (Å²) in [6.45, 7) is 0. The highest BCUT2D eigenvalue weighted by Gasteiger charge is 2.21. The summed E-state index contributed by atoms with van der Waals surface area (Å²) >= 11 is 0. The van der Waals surface area contributed by atoms with Crippen molar-refractivity contribution in [2.45, 2.75) is 6.17 Å². The molecule has 86 valence electrons. The second kappa shape index (κ2) is 3.97. The molecule has 4 heteroatoms. The Morgan fingerprint density at radius 2 is 1.94 bits per heavy atom. The number of hydrogen-bond donors (Lipinski definition) is 2. The van der Waals surface area contributed by atoms with Crippen LogP contribution in [-0.4, -0.2) is 12.1 Å². The fourth-order valence-electron chi connectivity index (χ4n) is 1.93. The molecule has 1 aliphatic heterocycles. The van der Waals surface area contributed by atoms with Gasteiger partial charge in [-0.15, -0.1) is 0 Å². The van der Waals surface area contributed by atoms with E-state index in [1.54, 1.807) is 13.3 Å². The van der Waals surface area contributed by atoms with Crippen molar-refractivity contribution in [2.75, 3.05) is 17.7 Å². The minimum absolute atomic E-state index is 0.0748. The lowest BCUT2D eigenvalue weighted by Crippen LogP contribution is -2.11. The van der Waals surface area contributed by atoms with E-state index in [0.29, 0.717) is 0 Å². The molecule has 0 bridgehead atoms. The van der Waals surface area contributed by atoms with Gasteiger partial charge in [-0.25, -0.2) is 4.98 Å². The monoisotopic (exact) mass is 227 g/mol. The van der Waals surface area contributed by atoms with Crippen molar-refractivity contribution in [1.82, 2.24) is 4.98 Å². The van der Waals surface area contributed by atoms with Crippen LogP contribution in [0.25, 0.3) is 0 Å². The van der Waals surface area contributed by atoms with Crippen molar-refractivity contribution in [2.24, 2.45) is 0 Å². The molecule has 1 unspecified atom stereocenters. The minimum atomic E-state index is 0.0748. The Kier molecular flexibility index (Phi) is 2.33. The van der Waals surface area contributed by atoms with Gasteiger partial charge < -0.3 is 15.4 Å². The number of fused-ring (bicyclic) bond motifs is 1. The summed E-state index contributed by atoms with van der Waals surface area (Å²) < 4.78 is 5.14. The van der Waals surface area contributed by atoms with Gasteiger partial charge in [-0.1, -0.05) is 12.1 Å². The predicted molar refractivity (Wildman–Crippen MR) is 67.2 cm³/mol. The number of nitrogens with zero attached hydrogens (tertiary/aromatic N) is 1. The summed E-state index contributed by atoms with van der Waals surface area (Å²) in [6, 6.07) is 11.9. The quantitative estimate of drug-likeness (QED) is 0.828. The van der Waals surface area contributed by atoms with Gasteiger partial charge in [0.25, 0.3) is 0 Å². The number of ether oxygens (including phenoxy) is 1. The summed E-state index contributed by atoms with van der Waals surface area (Å²) in [4.78, 5) is 4.27. The minimum Gasteiger partial charge on any atom is -0.497 e. The zero-order valence-corrected chi connectivity index (χ0v) is 9.47. The van der Waals surface area contributed by atoms with E-state index < -0.39 is 0 Å². The molecular weight excluding hydrogens is 214 g/mol. The maximum Gasteiger partial charge on any atom is 0.151 e.